The minimum absolute atomic E-state index is 0.763. The van der Waals surface area contributed by atoms with E-state index in [0.717, 1.165) is 12.6 Å². The van der Waals surface area contributed by atoms with E-state index in [2.05, 4.69) is 41.4 Å². The van der Waals surface area contributed by atoms with Crippen molar-refractivity contribution in [1.29, 1.82) is 0 Å². The molecule has 1 aromatic rings. The highest BCUT2D eigenvalue weighted by atomic mass is 15.2. The number of nitrogens with zero attached hydrogens (tertiary/aromatic N) is 1. The Labute approximate surface area is 111 Å². The predicted octanol–water partition coefficient (Wildman–Crippen LogP) is 3.57. The summed E-state index contributed by atoms with van der Waals surface area (Å²) in [4.78, 5) is 2.62. The van der Waals surface area contributed by atoms with Crippen molar-refractivity contribution in [3.05, 3.63) is 29.8 Å². The van der Waals surface area contributed by atoms with E-state index in [0.29, 0.717) is 0 Å². The fourth-order valence-corrected chi connectivity index (χ4v) is 2.98. The Kier molecular flexibility index (Phi) is 5.06. The molecule has 0 spiro atoms. The second kappa shape index (κ2) is 6.79. The van der Waals surface area contributed by atoms with Gasteiger partial charge in [0, 0.05) is 24.8 Å². The Balaban J connectivity index is 2.07. The maximum absolute atomic E-state index is 3.20. The van der Waals surface area contributed by atoms with E-state index in [9.17, 15) is 0 Å². The molecule has 1 heterocycles. The van der Waals surface area contributed by atoms with Crippen LogP contribution in [0, 0.1) is 0 Å². The largest absolute Gasteiger partial charge is 0.369 e. The molecule has 0 aromatic heterocycles. The van der Waals surface area contributed by atoms with Crippen molar-refractivity contribution in [2.24, 2.45) is 0 Å². The summed E-state index contributed by atoms with van der Waals surface area (Å²) in [6.07, 6.45) is 6.74. The van der Waals surface area contributed by atoms with Crippen LogP contribution in [0.25, 0.3) is 0 Å². The van der Waals surface area contributed by atoms with Crippen LogP contribution in [-0.4, -0.2) is 19.6 Å². The van der Waals surface area contributed by atoms with Crippen molar-refractivity contribution in [1.82, 2.24) is 5.32 Å². The van der Waals surface area contributed by atoms with Gasteiger partial charge in [-0.1, -0.05) is 25.5 Å². The highest BCUT2D eigenvalue weighted by Gasteiger charge is 2.21. The summed E-state index contributed by atoms with van der Waals surface area (Å²) in [5.41, 5.74) is 2.78. The van der Waals surface area contributed by atoms with Crippen LogP contribution in [0.15, 0.2) is 24.3 Å². The molecule has 0 bridgehead atoms. The number of benzene rings is 1. The molecule has 1 unspecified atom stereocenters. The summed E-state index contributed by atoms with van der Waals surface area (Å²) in [5.74, 6) is 0. The molecular weight excluding hydrogens is 220 g/mol. The average molecular weight is 246 g/mol. The first-order valence-electron chi connectivity index (χ1n) is 7.35. The zero-order valence-electron chi connectivity index (χ0n) is 11.8. The lowest BCUT2D eigenvalue weighted by molar-refractivity contribution is 0.435. The van der Waals surface area contributed by atoms with Gasteiger partial charge in [-0.3, -0.25) is 0 Å². The Hall–Kier alpha value is -1.02. The van der Waals surface area contributed by atoms with Crippen LogP contribution in [-0.2, 0) is 6.54 Å². The van der Waals surface area contributed by atoms with Gasteiger partial charge >= 0.3 is 0 Å². The van der Waals surface area contributed by atoms with E-state index in [1.807, 2.05) is 7.05 Å². The van der Waals surface area contributed by atoms with Crippen LogP contribution >= 0.6 is 0 Å². The molecule has 1 aliphatic rings. The Bertz CT molecular complexity index is 343. The third-order valence-corrected chi connectivity index (χ3v) is 3.90. The van der Waals surface area contributed by atoms with Crippen molar-refractivity contribution in [3.63, 3.8) is 0 Å². The molecule has 1 N–H and O–H groups in total. The van der Waals surface area contributed by atoms with Gasteiger partial charge in [0.05, 0.1) is 0 Å². The maximum Gasteiger partial charge on any atom is 0.0368 e. The fourth-order valence-electron chi connectivity index (χ4n) is 2.98. The van der Waals surface area contributed by atoms with Gasteiger partial charge in [-0.15, -0.1) is 0 Å². The number of rotatable bonds is 5. The molecular formula is C16H26N2. The lowest BCUT2D eigenvalue weighted by atomic mass is 9.97. The third-order valence-electron chi connectivity index (χ3n) is 3.90. The van der Waals surface area contributed by atoms with Gasteiger partial charge in [-0.25, -0.2) is 0 Å². The molecule has 18 heavy (non-hydrogen) atoms. The van der Waals surface area contributed by atoms with Crippen LogP contribution in [0.5, 0.6) is 0 Å². The molecule has 1 atom stereocenters. The van der Waals surface area contributed by atoms with Crippen molar-refractivity contribution >= 4 is 5.69 Å². The standard InChI is InChI=1S/C16H26N2/c1-3-6-15-7-4-5-12-18(15)16-10-8-14(9-11-16)13-17-2/h8-11,15,17H,3-7,12-13H2,1-2H3. The zero-order valence-corrected chi connectivity index (χ0v) is 11.8. The number of piperidine rings is 1. The van der Waals surface area contributed by atoms with Crippen LogP contribution in [0.4, 0.5) is 5.69 Å². The second-order valence-corrected chi connectivity index (χ2v) is 5.33. The molecule has 100 valence electrons. The Morgan fingerprint density at radius 2 is 2.00 bits per heavy atom. The highest BCUT2D eigenvalue weighted by molar-refractivity contribution is 5.49. The average Bonchev–Trinajstić information content (AvgIpc) is 2.41. The number of hydrogen-bond donors (Lipinski definition) is 1. The summed E-state index contributed by atoms with van der Waals surface area (Å²) in [5, 5.41) is 3.20. The quantitative estimate of drug-likeness (QED) is 0.854. The SMILES string of the molecule is CCCC1CCCCN1c1ccc(CNC)cc1. The van der Waals surface area contributed by atoms with Crippen molar-refractivity contribution in [2.45, 2.75) is 51.6 Å². The van der Waals surface area contributed by atoms with E-state index in [4.69, 9.17) is 0 Å². The lowest BCUT2D eigenvalue weighted by Crippen LogP contribution is -2.39. The van der Waals surface area contributed by atoms with Gasteiger partial charge in [-0.2, -0.15) is 0 Å². The summed E-state index contributed by atoms with van der Waals surface area (Å²) in [6, 6.07) is 9.85. The van der Waals surface area contributed by atoms with Crippen LogP contribution in [0.1, 0.15) is 44.6 Å². The first-order valence-corrected chi connectivity index (χ1v) is 7.35. The molecule has 1 aromatic carbocycles. The summed E-state index contributed by atoms with van der Waals surface area (Å²) in [6.45, 7) is 4.48. The summed E-state index contributed by atoms with van der Waals surface area (Å²) in [7, 11) is 2.00. The smallest absolute Gasteiger partial charge is 0.0368 e. The normalized spacial score (nSPS) is 20.1. The van der Waals surface area contributed by atoms with Crippen LogP contribution in [0.2, 0.25) is 0 Å². The maximum atomic E-state index is 3.20. The molecule has 0 saturated carbocycles. The summed E-state index contributed by atoms with van der Waals surface area (Å²) < 4.78 is 0. The van der Waals surface area contributed by atoms with Gasteiger partial charge in [0.1, 0.15) is 0 Å². The van der Waals surface area contributed by atoms with E-state index in [1.165, 1.54) is 49.9 Å². The van der Waals surface area contributed by atoms with Crippen molar-refractivity contribution in [3.8, 4) is 0 Å². The van der Waals surface area contributed by atoms with Crippen LogP contribution in [0.3, 0.4) is 0 Å². The molecule has 1 saturated heterocycles. The minimum Gasteiger partial charge on any atom is -0.369 e. The molecule has 1 fully saturated rings. The minimum atomic E-state index is 0.763. The second-order valence-electron chi connectivity index (χ2n) is 5.33. The van der Waals surface area contributed by atoms with Gasteiger partial charge in [-0.05, 0) is 50.4 Å². The molecule has 0 amide bonds. The molecule has 1 aliphatic heterocycles. The Morgan fingerprint density at radius 3 is 2.67 bits per heavy atom. The van der Waals surface area contributed by atoms with Gasteiger partial charge < -0.3 is 10.2 Å². The van der Waals surface area contributed by atoms with E-state index >= 15 is 0 Å². The van der Waals surface area contributed by atoms with E-state index in [-0.39, 0.29) is 0 Å². The number of hydrogen-bond acceptors (Lipinski definition) is 2. The highest BCUT2D eigenvalue weighted by Crippen LogP contribution is 2.27. The third kappa shape index (κ3) is 3.26. The Morgan fingerprint density at radius 1 is 1.22 bits per heavy atom. The lowest BCUT2D eigenvalue weighted by Gasteiger charge is -2.37. The number of nitrogens with one attached hydrogen (secondary N) is 1. The topological polar surface area (TPSA) is 15.3 Å². The van der Waals surface area contributed by atoms with Gasteiger partial charge in [0.15, 0.2) is 0 Å². The van der Waals surface area contributed by atoms with Gasteiger partial charge in [0.2, 0.25) is 0 Å². The molecule has 2 rings (SSSR count). The van der Waals surface area contributed by atoms with Crippen LogP contribution < -0.4 is 10.2 Å². The fraction of sp³-hybridized carbons (Fsp3) is 0.625. The monoisotopic (exact) mass is 246 g/mol. The van der Waals surface area contributed by atoms with Gasteiger partial charge in [0.25, 0.3) is 0 Å². The molecule has 0 radical (unpaired) electrons. The van der Waals surface area contributed by atoms with Crippen molar-refractivity contribution < 1.29 is 0 Å². The molecule has 2 nitrogen and oxygen atoms in total. The first kappa shape index (κ1) is 13.4. The van der Waals surface area contributed by atoms with Crippen molar-refractivity contribution in [2.75, 3.05) is 18.5 Å². The summed E-state index contributed by atoms with van der Waals surface area (Å²) >= 11 is 0. The molecule has 2 heteroatoms. The predicted molar refractivity (Wildman–Crippen MR) is 79.1 cm³/mol. The number of anilines is 1. The molecule has 0 aliphatic carbocycles. The van der Waals surface area contributed by atoms with E-state index in [1.54, 1.807) is 0 Å². The first-order chi connectivity index (χ1) is 8.85. The van der Waals surface area contributed by atoms with E-state index < -0.39 is 0 Å². The zero-order chi connectivity index (χ0) is 12.8.